The van der Waals surface area contributed by atoms with E-state index < -0.39 is 5.92 Å². The summed E-state index contributed by atoms with van der Waals surface area (Å²) in [4.78, 5) is 0. The van der Waals surface area contributed by atoms with E-state index in [1.165, 1.54) is 12.1 Å². The summed E-state index contributed by atoms with van der Waals surface area (Å²) in [6.45, 7) is 4.44. The summed E-state index contributed by atoms with van der Waals surface area (Å²) in [6, 6.07) is 6.64. The normalized spacial score (nSPS) is 13.7. The Balaban J connectivity index is 2.74. The van der Waals surface area contributed by atoms with Crippen molar-refractivity contribution < 1.29 is 8.78 Å². The minimum absolute atomic E-state index is 0.0917. The van der Waals surface area contributed by atoms with Crippen molar-refractivity contribution in [3.05, 3.63) is 35.4 Å². The van der Waals surface area contributed by atoms with Crippen LogP contribution in [-0.4, -0.2) is 6.54 Å². The quantitative estimate of drug-likeness (QED) is 0.807. The van der Waals surface area contributed by atoms with E-state index in [1.54, 1.807) is 19.1 Å². The second kappa shape index (κ2) is 6.10. The Labute approximate surface area is 102 Å². The number of rotatable bonds is 6. The highest BCUT2D eigenvalue weighted by Gasteiger charge is 2.29. The second-order valence-electron chi connectivity index (χ2n) is 4.70. The first-order valence-electron chi connectivity index (χ1n) is 6.17. The highest BCUT2D eigenvalue weighted by Crippen LogP contribution is 2.32. The van der Waals surface area contributed by atoms with E-state index >= 15 is 0 Å². The highest BCUT2D eigenvalue weighted by atomic mass is 19.3. The van der Waals surface area contributed by atoms with Gasteiger partial charge in [-0.2, -0.15) is 0 Å². The standard InChI is InChI=1S/C14H21F2N/c1-3-8-14(15,16)13-6-4-12(5-7-13)9-11(2)10-17/h4-7,11H,3,8-10,17H2,1-2H3. The summed E-state index contributed by atoms with van der Waals surface area (Å²) in [6.07, 6.45) is 1.24. The Bertz CT molecular complexity index is 333. The molecule has 0 aliphatic heterocycles. The molecular formula is C14H21F2N. The summed E-state index contributed by atoms with van der Waals surface area (Å²) >= 11 is 0. The predicted molar refractivity (Wildman–Crippen MR) is 67.2 cm³/mol. The van der Waals surface area contributed by atoms with Crippen molar-refractivity contribution >= 4 is 0 Å². The van der Waals surface area contributed by atoms with E-state index in [-0.39, 0.29) is 12.0 Å². The maximum atomic E-state index is 13.6. The maximum absolute atomic E-state index is 13.6. The molecule has 0 saturated carbocycles. The first-order chi connectivity index (χ1) is 7.99. The van der Waals surface area contributed by atoms with Gasteiger partial charge in [0, 0.05) is 12.0 Å². The molecule has 0 bridgehead atoms. The van der Waals surface area contributed by atoms with E-state index in [9.17, 15) is 8.78 Å². The molecule has 3 heteroatoms. The fourth-order valence-electron chi connectivity index (χ4n) is 1.83. The number of benzene rings is 1. The third-order valence-corrected chi connectivity index (χ3v) is 2.93. The molecule has 1 rings (SSSR count). The van der Waals surface area contributed by atoms with Crippen LogP contribution in [0.2, 0.25) is 0 Å². The Morgan fingerprint density at radius 3 is 2.29 bits per heavy atom. The smallest absolute Gasteiger partial charge is 0.273 e. The molecule has 96 valence electrons. The summed E-state index contributed by atoms with van der Waals surface area (Å²) in [5.74, 6) is -2.32. The van der Waals surface area contributed by atoms with Crippen molar-refractivity contribution in [2.24, 2.45) is 11.7 Å². The van der Waals surface area contributed by atoms with Crippen molar-refractivity contribution in [3.8, 4) is 0 Å². The lowest BCUT2D eigenvalue weighted by Gasteiger charge is -2.16. The monoisotopic (exact) mass is 241 g/mol. The summed E-state index contributed by atoms with van der Waals surface area (Å²) in [5, 5.41) is 0. The van der Waals surface area contributed by atoms with Crippen LogP contribution >= 0.6 is 0 Å². The van der Waals surface area contributed by atoms with Crippen LogP contribution in [0, 0.1) is 5.92 Å². The molecule has 0 saturated heterocycles. The fourth-order valence-corrected chi connectivity index (χ4v) is 1.83. The maximum Gasteiger partial charge on any atom is 0.273 e. The van der Waals surface area contributed by atoms with E-state index in [0.29, 0.717) is 18.9 Å². The molecule has 2 N–H and O–H groups in total. The number of nitrogens with two attached hydrogens (primary N) is 1. The molecular weight excluding hydrogens is 220 g/mol. The second-order valence-corrected chi connectivity index (χ2v) is 4.70. The van der Waals surface area contributed by atoms with Gasteiger partial charge in [0.15, 0.2) is 0 Å². The first kappa shape index (κ1) is 14.1. The Hall–Kier alpha value is -0.960. The lowest BCUT2D eigenvalue weighted by Crippen LogP contribution is -2.14. The number of hydrogen-bond acceptors (Lipinski definition) is 1. The van der Waals surface area contributed by atoms with E-state index in [0.717, 1.165) is 12.0 Å². The van der Waals surface area contributed by atoms with Gasteiger partial charge in [0.05, 0.1) is 0 Å². The van der Waals surface area contributed by atoms with Crippen LogP contribution in [0.25, 0.3) is 0 Å². The number of hydrogen-bond donors (Lipinski definition) is 1. The fraction of sp³-hybridized carbons (Fsp3) is 0.571. The van der Waals surface area contributed by atoms with E-state index in [4.69, 9.17) is 5.73 Å². The Morgan fingerprint density at radius 1 is 1.24 bits per heavy atom. The van der Waals surface area contributed by atoms with Crippen LogP contribution in [0.3, 0.4) is 0 Å². The minimum atomic E-state index is -2.70. The molecule has 0 heterocycles. The zero-order valence-corrected chi connectivity index (χ0v) is 10.5. The molecule has 1 atom stereocenters. The number of halogens is 2. The molecule has 0 aliphatic carbocycles. The lowest BCUT2D eigenvalue weighted by molar-refractivity contribution is -0.0140. The molecule has 0 fully saturated rings. The molecule has 17 heavy (non-hydrogen) atoms. The van der Waals surface area contributed by atoms with Crippen LogP contribution < -0.4 is 5.73 Å². The molecule has 0 aromatic heterocycles. The van der Waals surface area contributed by atoms with Crippen LogP contribution in [0.4, 0.5) is 8.78 Å². The van der Waals surface area contributed by atoms with Gasteiger partial charge in [-0.25, -0.2) is 8.78 Å². The molecule has 1 nitrogen and oxygen atoms in total. The molecule has 1 aromatic carbocycles. The van der Waals surface area contributed by atoms with Crippen LogP contribution in [0.15, 0.2) is 24.3 Å². The molecule has 0 amide bonds. The Kier molecular flexibility index (Phi) is 5.06. The van der Waals surface area contributed by atoms with Crippen molar-refractivity contribution in [1.82, 2.24) is 0 Å². The van der Waals surface area contributed by atoms with Crippen LogP contribution in [0.5, 0.6) is 0 Å². The SMILES string of the molecule is CCCC(F)(F)c1ccc(CC(C)CN)cc1. The predicted octanol–water partition coefficient (Wildman–Crippen LogP) is 3.72. The average molecular weight is 241 g/mol. The van der Waals surface area contributed by atoms with Gasteiger partial charge in [-0.1, -0.05) is 44.5 Å². The van der Waals surface area contributed by atoms with E-state index in [1.807, 2.05) is 0 Å². The van der Waals surface area contributed by atoms with Gasteiger partial charge in [-0.05, 0) is 24.4 Å². The average Bonchev–Trinajstić information content (AvgIpc) is 2.29. The largest absolute Gasteiger partial charge is 0.330 e. The van der Waals surface area contributed by atoms with Crippen molar-refractivity contribution in [1.29, 1.82) is 0 Å². The topological polar surface area (TPSA) is 26.0 Å². The van der Waals surface area contributed by atoms with Gasteiger partial charge in [0.25, 0.3) is 5.92 Å². The lowest BCUT2D eigenvalue weighted by atomic mass is 9.97. The highest BCUT2D eigenvalue weighted by molar-refractivity contribution is 5.26. The van der Waals surface area contributed by atoms with Crippen LogP contribution in [-0.2, 0) is 12.3 Å². The zero-order chi connectivity index (χ0) is 12.9. The molecule has 1 aromatic rings. The minimum Gasteiger partial charge on any atom is -0.330 e. The number of alkyl halides is 2. The van der Waals surface area contributed by atoms with Gasteiger partial charge in [-0.15, -0.1) is 0 Å². The van der Waals surface area contributed by atoms with Crippen molar-refractivity contribution in [2.75, 3.05) is 6.54 Å². The molecule has 0 radical (unpaired) electrons. The van der Waals surface area contributed by atoms with Crippen molar-refractivity contribution in [3.63, 3.8) is 0 Å². The summed E-state index contributed by atoms with van der Waals surface area (Å²) in [7, 11) is 0. The van der Waals surface area contributed by atoms with Crippen molar-refractivity contribution in [2.45, 2.75) is 39.0 Å². The van der Waals surface area contributed by atoms with Gasteiger partial charge in [-0.3, -0.25) is 0 Å². The van der Waals surface area contributed by atoms with Gasteiger partial charge < -0.3 is 5.73 Å². The molecule has 0 spiro atoms. The third-order valence-electron chi connectivity index (χ3n) is 2.93. The first-order valence-corrected chi connectivity index (χ1v) is 6.17. The molecule has 1 unspecified atom stereocenters. The third kappa shape index (κ3) is 4.08. The zero-order valence-electron chi connectivity index (χ0n) is 10.5. The van der Waals surface area contributed by atoms with Gasteiger partial charge in [0.2, 0.25) is 0 Å². The summed E-state index contributed by atoms with van der Waals surface area (Å²) < 4.78 is 27.2. The van der Waals surface area contributed by atoms with Gasteiger partial charge >= 0.3 is 0 Å². The van der Waals surface area contributed by atoms with Crippen LogP contribution in [0.1, 0.15) is 37.8 Å². The molecule has 0 aliphatic rings. The Morgan fingerprint density at radius 2 is 1.82 bits per heavy atom. The summed E-state index contributed by atoms with van der Waals surface area (Å²) in [5.41, 5.74) is 6.72. The van der Waals surface area contributed by atoms with Gasteiger partial charge in [0.1, 0.15) is 0 Å². The van der Waals surface area contributed by atoms with E-state index in [2.05, 4.69) is 6.92 Å².